The number of carbonyl (C=O) groups is 1. The van der Waals surface area contributed by atoms with Gasteiger partial charge in [0, 0.05) is 18.0 Å². The van der Waals surface area contributed by atoms with Crippen molar-refractivity contribution in [2.24, 2.45) is 5.92 Å². The van der Waals surface area contributed by atoms with E-state index in [2.05, 4.69) is 10.6 Å². The molecule has 0 unspecified atom stereocenters. The summed E-state index contributed by atoms with van der Waals surface area (Å²) >= 11 is 7.43. The van der Waals surface area contributed by atoms with Crippen LogP contribution in [0.4, 0.5) is 0 Å². The van der Waals surface area contributed by atoms with E-state index in [1.165, 1.54) is 17.7 Å². The first-order chi connectivity index (χ1) is 8.24. The van der Waals surface area contributed by atoms with Crippen LogP contribution in [0.25, 0.3) is 0 Å². The van der Waals surface area contributed by atoms with Gasteiger partial charge in [0.05, 0.1) is 10.9 Å². The second kappa shape index (κ2) is 6.38. The van der Waals surface area contributed by atoms with Gasteiger partial charge in [0.1, 0.15) is 0 Å². The third-order valence-corrected chi connectivity index (χ3v) is 4.04. The maximum atomic E-state index is 11.4. The average Bonchev–Trinajstić information content (AvgIpc) is 3.05. The van der Waals surface area contributed by atoms with Crippen LogP contribution in [0, 0.1) is 5.92 Å². The normalized spacial score (nSPS) is 14.9. The van der Waals surface area contributed by atoms with Gasteiger partial charge in [0.25, 0.3) is 0 Å². The van der Waals surface area contributed by atoms with E-state index in [1.807, 2.05) is 12.1 Å². The summed E-state index contributed by atoms with van der Waals surface area (Å²) in [7, 11) is 0. The van der Waals surface area contributed by atoms with Crippen LogP contribution in [0.3, 0.4) is 0 Å². The third kappa shape index (κ3) is 5.06. The lowest BCUT2D eigenvalue weighted by atomic mass is 10.3. The summed E-state index contributed by atoms with van der Waals surface area (Å²) in [5, 5.41) is 6.07. The lowest BCUT2D eigenvalue weighted by Crippen LogP contribution is -2.35. The number of thiophene rings is 1. The van der Waals surface area contributed by atoms with Gasteiger partial charge in [-0.15, -0.1) is 11.3 Å². The van der Waals surface area contributed by atoms with E-state index < -0.39 is 0 Å². The highest BCUT2D eigenvalue weighted by atomic mass is 35.5. The van der Waals surface area contributed by atoms with E-state index in [4.69, 9.17) is 11.6 Å². The molecule has 1 fully saturated rings. The molecule has 1 aromatic heterocycles. The molecule has 0 aromatic carbocycles. The predicted molar refractivity (Wildman–Crippen MR) is 71.6 cm³/mol. The molecular weight excluding hydrogens is 256 g/mol. The zero-order valence-corrected chi connectivity index (χ0v) is 11.2. The van der Waals surface area contributed by atoms with E-state index in [-0.39, 0.29) is 5.91 Å². The van der Waals surface area contributed by atoms with Gasteiger partial charge in [-0.1, -0.05) is 11.6 Å². The second-order valence-corrected chi connectivity index (χ2v) is 6.18. The maximum Gasteiger partial charge on any atom is 0.233 e. The highest BCUT2D eigenvalue weighted by Gasteiger charge is 2.21. The number of halogens is 1. The topological polar surface area (TPSA) is 41.1 Å². The van der Waals surface area contributed by atoms with Crippen LogP contribution >= 0.6 is 22.9 Å². The molecule has 94 valence electrons. The van der Waals surface area contributed by atoms with Crippen LogP contribution in [-0.4, -0.2) is 25.5 Å². The van der Waals surface area contributed by atoms with Crippen molar-refractivity contribution in [3.63, 3.8) is 0 Å². The Balaban J connectivity index is 1.51. The van der Waals surface area contributed by atoms with Crippen molar-refractivity contribution >= 4 is 28.8 Å². The Hall–Kier alpha value is -0.580. The Kier molecular flexibility index (Phi) is 4.83. The Morgan fingerprint density at radius 1 is 1.47 bits per heavy atom. The lowest BCUT2D eigenvalue weighted by molar-refractivity contribution is -0.120. The standard InChI is InChI=1S/C12H17ClN2OS/c13-11-4-3-10(17-11)5-6-14-8-12(16)15-7-9-1-2-9/h3-4,9,14H,1-2,5-8H2,(H,15,16). The molecule has 0 bridgehead atoms. The average molecular weight is 273 g/mol. The second-order valence-electron chi connectivity index (χ2n) is 4.38. The molecule has 2 N–H and O–H groups in total. The molecule has 1 heterocycles. The molecule has 17 heavy (non-hydrogen) atoms. The fourth-order valence-corrected chi connectivity index (χ4v) is 2.63. The lowest BCUT2D eigenvalue weighted by Gasteiger charge is -2.05. The summed E-state index contributed by atoms with van der Waals surface area (Å²) < 4.78 is 0.821. The van der Waals surface area contributed by atoms with Crippen molar-refractivity contribution < 1.29 is 4.79 Å². The van der Waals surface area contributed by atoms with E-state index in [9.17, 15) is 4.79 Å². The molecule has 1 aliphatic rings. The first kappa shape index (κ1) is 12.9. The minimum Gasteiger partial charge on any atom is -0.355 e. The van der Waals surface area contributed by atoms with Crippen molar-refractivity contribution in [1.29, 1.82) is 0 Å². The van der Waals surface area contributed by atoms with Gasteiger partial charge in [-0.2, -0.15) is 0 Å². The first-order valence-electron chi connectivity index (χ1n) is 5.95. The van der Waals surface area contributed by atoms with Gasteiger partial charge in [-0.25, -0.2) is 0 Å². The van der Waals surface area contributed by atoms with Crippen LogP contribution in [0.15, 0.2) is 12.1 Å². The monoisotopic (exact) mass is 272 g/mol. The highest BCUT2D eigenvalue weighted by molar-refractivity contribution is 7.16. The Labute approximate surface area is 111 Å². The van der Waals surface area contributed by atoms with Crippen molar-refractivity contribution in [2.75, 3.05) is 19.6 Å². The minimum atomic E-state index is 0.0983. The van der Waals surface area contributed by atoms with Crippen LogP contribution in [-0.2, 0) is 11.2 Å². The summed E-state index contributed by atoms with van der Waals surface area (Å²) in [6.07, 6.45) is 3.47. The summed E-state index contributed by atoms with van der Waals surface area (Å²) in [6, 6.07) is 3.94. The molecular formula is C12H17ClN2OS. The molecule has 1 saturated carbocycles. The highest BCUT2D eigenvalue weighted by Crippen LogP contribution is 2.27. The smallest absolute Gasteiger partial charge is 0.233 e. The third-order valence-electron chi connectivity index (χ3n) is 2.75. The van der Waals surface area contributed by atoms with Gasteiger partial charge in [0.15, 0.2) is 0 Å². The Morgan fingerprint density at radius 3 is 2.94 bits per heavy atom. The zero-order valence-electron chi connectivity index (χ0n) is 9.67. The van der Waals surface area contributed by atoms with Crippen molar-refractivity contribution in [3.8, 4) is 0 Å². The van der Waals surface area contributed by atoms with E-state index >= 15 is 0 Å². The van der Waals surface area contributed by atoms with Gasteiger partial charge in [0.2, 0.25) is 5.91 Å². The molecule has 1 aromatic rings. The van der Waals surface area contributed by atoms with Gasteiger partial charge < -0.3 is 10.6 Å². The number of hydrogen-bond acceptors (Lipinski definition) is 3. The van der Waals surface area contributed by atoms with E-state index in [1.54, 1.807) is 11.3 Å². The number of amides is 1. The van der Waals surface area contributed by atoms with Gasteiger partial charge in [-0.05, 0) is 37.3 Å². The predicted octanol–water partition coefficient (Wildman–Crippen LogP) is 2.06. The summed E-state index contributed by atoms with van der Waals surface area (Å²) in [6.45, 7) is 2.07. The van der Waals surface area contributed by atoms with Gasteiger partial charge in [-0.3, -0.25) is 4.79 Å². The van der Waals surface area contributed by atoms with E-state index in [0.29, 0.717) is 6.54 Å². The van der Waals surface area contributed by atoms with Crippen LogP contribution < -0.4 is 10.6 Å². The summed E-state index contributed by atoms with van der Waals surface area (Å²) in [5.41, 5.74) is 0. The Bertz CT molecular complexity index is 376. The van der Waals surface area contributed by atoms with Gasteiger partial charge >= 0.3 is 0 Å². The van der Waals surface area contributed by atoms with Crippen molar-refractivity contribution in [3.05, 3.63) is 21.3 Å². The largest absolute Gasteiger partial charge is 0.355 e. The molecule has 1 aliphatic carbocycles. The molecule has 0 spiro atoms. The maximum absolute atomic E-state index is 11.4. The fourth-order valence-electron chi connectivity index (χ4n) is 1.54. The van der Waals surface area contributed by atoms with Crippen molar-refractivity contribution in [1.82, 2.24) is 10.6 Å². The number of carbonyl (C=O) groups excluding carboxylic acids is 1. The SMILES string of the molecule is O=C(CNCCc1ccc(Cl)s1)NCC1CC1. The molecule has 0 radical (unpaired) electrons. The van der Waals surface area contributed by atoms with E-state index in [0.717, 1.165) is 29.8 Å². The molecule has 5 heteroatoms. The molecule has 0 atom stereocenters. The fraction of sp³-hybridized carbons (Fsp3) is 0.583. The van der Waals surface area contributed by atoms with Crippen LogP contribution in [0.2, 0.25) is 4.34 Å². The summed E-state index contributed by atoms with van der Waals surface area (Å²) in [4.78, 5) is 12.6. The molecule has 0 aliphatic heterocycles. The molecule has 1 amide bonds. The van der Waals surface area contributed by atoms with Crippen LogP contribution in [0.5, 0.6) is 0 Å². The zero-order chi connectivity index (χ0) is 12.1. The molecule has 3 nitrogen and oxygen atoms in total. The summed E-state index contributed by atoms with van der Waals surface area (Å²) in [5.74, 6) is 0.841. The number of rotatable bonds is 7. The number of nitrogens with one attached hydrogen (secondary N) is 2. The quantitative estimate of drug-likeness (QED) is 0.746. The first-order valence-corrected chi connectivity index (χ1v) is 7.15. The van der Waals surface area contributed by atoms with Crippen LogP contribution in [0.1, 0.15) is 17.7 Å². The minimum absolute atomic E-state index is 0.0983. The van der Waals surface area contributed by atoms with Crippen molar-refractivity contribution in [2.45, 2.75) is 19.3 Å². The molecule has 0 saturated heterocycles. The molecule has 2 rings (SSSR count). The number of hydrogen-bond donors (Lipinski definition) is 2. The Morgan fingerprint density at radius 2 is 2.29 bits per heavy atom.